The summed E-state index contributed by atoms with van der Waals surface area (Å²) in [6.45, 7) is 1.98. The van der Waals surface area contributed by atoms with Crippen LogP contribution in [0.2, 0.25) is 0 Å². The third-order valence-electron chi connectivity index (χ3n) is 5.80. The lowest BCUT2D eigenvalue weighted by Crippen LogP contribution is -2.45. The second-order valence-corrected chi connectivity index (χ2v) is 9.21. The van der Waals surface area contributed by atoms with Gasteiger partial charge in [-0.1, -0.05) is 24.6 Å². The van der Waals surface area contributed by atoms with Gasteiger partial charge in [0.1, 0.15) is 0 Å². The van der Waals surface area contributed by atoms with Crippen molar-refractivity contribution in [1.82, 2.24) is 9.88 Å². The van der Waals surface area contributed by atoms with E-state index >= 15 is 0 Å². The first-order valence-electron chi connectivity index (χ1n) is 9.29. The van der Waals surface area contributed by atoms with Crippen molar-refractivity contribution in [2.24, 2.45) is 0 Å². The van der Waals surface area contributed by atoms with E-state index in [1.54, 1.807) is 36.5 Å². The molecule has 138 valence electrons. The molecule has 1 aromatic heterocycles. The minimum atomic E-state index is -3.55. The zero-order chi connectivity index (χ0) is 18.1. The van der Waals surface area contributed by atoms with Gasteiger partial charge in [-0.25, -0.2) is 13.4 Å². The van der Waals surface area contributed by atoms with Crippen molar-refractivity contribution in [2.75, 3.05) is 25.0 Å². The maximum Gasteiger partial charge on any atom is 0.223 e. The summed E-state index contributed by atoms with van der Waals surface area (Å²) in [7, 11) is -1.31. The van der Waals surface area contributed by atoms with Gasteiger partial charge in [0.05, 0.1) is 16.8 Å². The van der Waals surface area contributed by atoms with Crippen molar-refractivity contribution in [3.05, 3.63) is 48.7 Å². The highest BCUT2D eigenvalue weighted by atomic mass is 32.2. The number of rotatable bonds is 3. The Morgan fingerprint density at radius 2 is 1.77 bits per heavy atom. The van der Waals surface area contributed by atoms with Crippen LogP contribution < -0.4 is 4.90 Å². The first-order valence-corrected chi connectivity index (χ1v) is 10.8. The second kappa shape index (κ2) is 7.00. The summed E-state index contributed by atoms with van der Waals surface area (Å²) in [5.74, 6) is 0. The highest BCUT2D eigenvalue weighted by Gasteiger charge is 2.32. The highest BCUT2D eigenvalue weighted by Crippen LogP contribution is 2.30. The number of aromatic nitrogens is 1. The number of likely N-dealkylation sites (N-methyl/N-ethyl adjacent to an activating group) is 1. The standard InChI is InChI=1S/C20H25N3O2S/c1-22-16-6-5-7-18(22)15-23(13-12-16)17-10-11-20(21-14-17)26(24,25)19-8-3-2-4-9-19/h2-4,8-11,14,16,18H,5-7,12-13,15H2,1H3. The van der Waals surface area contributed by atoms with Crippen LogP contribution in [0.5, 0.6) is 0 Å². The monoisotopic (exact) mass is 371 g/mol. The number of hydrogen-bond donors (Lipinski definition) is 0. The summed E-state index contributed by atoms with van der Waals surface area (Å²) in [4.78, 5) is 9.47. The van der Waals surface area contributed by atoms with E-state index in [0.29, 0.717) is 12.1 Å². The van der Waals surface area contributed by atoms with Crippen LogP contribution in [0.25, 0.3) is 0 Å². The Morgan fingerprint density at radius 1 is 1.00 bits per heavy atom. The summed E-state index contributed by atoms with van der Waals surface area (Å²) in [5.41, 5.74) is 1.01. The van der Waals surface area contributed by atoms with E-state index in [1.165, 1.54) is 19.3 Å². The van der Waals surface area contributed by atoms with E-state index in [-0.39, 0.29) is 9.92 Å². The molecule has 2 atom stereocenters. The molecule has 0 aliphatic carbocycles. The lowest BCUT2D eigenvalue weighted by Gasteiger charge is -2.37. The molecule has 2 aromatic rings. The van der Waals surface area contributed by atoms with Crippen LogP contribution in [0.1, 0.15) is 25.7 Å². The van der Waals surface area contributed by atoms with E-state index in [9.17, 15) is 8.42 Å². The molecule has 4 rings (SSSR count). The van der Waals surface area contributed by atoms with Crippen LogP contribution in [-0.2, 0) is 9.84 Å². The molecule has 2 saturated heterocycles. The maximum atomic E-state index is 12.7. The number of benzene rings is 1. The molecule has 5 nitrogen and oxygen atoms in total. The first-order chi connectivity index (χ1) is 12.6. The van der Waals surface area contributed by atoms with Crippen LogP contribution in [0.4, 0.5) is 5.69 Å². The summed E-state index contributed by atoms with van der Waals surface area (Å²) in [6.07, 6.45) is 6.69. The molecule has 2 bridgehead atoms. The molecule has 2 unspecified atom stereocenters. The maximum absolute atomic E-state index is 12.7. The third kappa shape index (κ3) is 3.23. The molecule has 2 aliphatic heterocycles. The fraction of sp³-hybridized carbons (Fsp3) is 0.450. The van der Waals surface area contributed by atoms with Gasteiger partial charge in [-0.2, -0.15) is 0 Å². The average Bonchev–Trinajstić information content (AvgIpc) is 2.76. The van der Waals surface area contributed by atoms with Crippen molar-refractivity contribution < 1.29 is 8.42 Å². The summed E-state index contributed by atoms with van der Waals surface area (Å²) in [6, 6.07) is 13.3. The topological polar surface area (TPSA) is 53.5 Å². The lowest BCUT2D eigenvalue weighted by molar-refractivity contribution is 0.127. The normalized spacial score (nSPS) is 24.3. The number of nitrogens with zero attached hydrogens (tertiary/aromatic N) is 3. The molecule has 26 heavy (non-hydrogen) atoms. The molecule has 0 radical (unpaired) electrons. The molecule has 2 aliphatic rings. The Kier molecular flexibility index (Phi) is 4.71. The number of anilines is 1. The Morgan fingerprint density at radius 3 is 2.50 bits per heavy atom. The summed E-state index contributed by atoms with van der Waals surface area (Å²) in [5, 5.41) is 0.109. The Balaban J connectivity index is 1.56. The minimum Gasteiger partial charge on any atom is -0.369 e. The molecule has 3 heterocycles. The van der Waals surface area contributed by atoms with Crippen molar-refractivity contribution in [1.29, 1.82) is 0 Å². The van der Waals surface area contributed by atoms with Gasteiger partial charge in [-0.3, -0.25) is 4.90 Å². The molecule has 0 amide bonds. The van der Waals surface area contributed by atoms with Gasteiger partial charge in [0.15, 0.2) is 5.03 Å². The van der Waals surface area contributed by atoms with Gasteiger partial charge in [-0.15, -0.1) is 0 Å². The Bertz CT molecular complexity index is 852. The van der Waals surface area contributed by atoms with Crippen molar-refractivity contribution in [2.45, 2.75) is 47.7 Å². The number of sulfone groups is 1. The Labute approximate surface area is 155 Å². The predicted octanol–water partition coefficient (Wildman–Crippen LogP) is 2.98. The molecule has 2 fully saturated rings. The van der Waals surface area contributed by atoms with E-state index in [0.717, 1.165) is 25.2 Å². The van der Waals surface area contributed by atoms with Gasteiger partial charge in [0.2, 0.25) is 9.84 Å². The molecule has 0 spiro atoms. The van der Waals surface area contributed by atoms with Crippen LogP contribution in [0.3, 0.4) is 0 Å². The van der Waals surface area contributed by atoms with Gasteiger partial charge in [-0.05, 0) is 50.6 Å². The number of hydrogen-bond acceptors (Lipinski definition) is 5. The van der Waals surface area contributed by atoms with Gasteiger partial charge >= 0.3 is 0 Å². The van der Waals surface area contributed by atoms with Crippen molar-refractivity contribution in [3.8, 4) is 0 Å². The molecule has 6 heteroatoms. The van der Waals surface area contributed by atoms with Gasteiger partial charge < -0.3 is 4.90 Å². The fourth-order valence-corrected chi connectivity index (χ4v) is 5.38. The summed E-state index contributed by atoms with van der Waals surface area (Å²) >= 11 is 0. The quantitative estimate of drug-likeness (QED) is 0.830. The van der Waals surface area contributed by atoms with Gasteiger partial charge in [0.25, 0.3) is 0 Å². The van der Waals surface area contributed by atoms with E-state index in [4.69, 9.17) is 0 Å². The van der Waals surface area contributed by atoms with Crippen LogP contribution in [0, 0.1) is 0 Å². The summed E-state index contributed by atoms with van der Waals surface area (Å²) < 4.78 is 25.4. The van der Waals surface area contributed by atoms with E-state index < -0.39 is 9.84 Å². The zero-order valence-electron chi connectivity index (χ0n) is 15.1. The predicted molar refractivity (Wildman–Crippen MR) is 102 cm³/mol. The number of pyridine rings is 1. The average molecular weight is 372 g/mol. The lowest BCUT2D eigenvalue weighted by atomic mass is 9.96. The highest BCUT2D eigenvalue weighted by molar-refractivity contribution is 7.91. The largest absolute Gasteiger partial charge is 0.369 e. The van der Waals surface area contributed by atoms with Crippen molar-refractivity contribution >= 4 is 15.5 Å². The number of fused-ring (bicyclic) bond motifs is 2. The van der Waals surface area contributed by atoms with Crippen molar-refractivity contribution in [3.63, 3.8) is 0 Å². The van der Waals surface area contributed by atoms with Crippen LogP contribution in [-0.4, -0.2) is 50.5 Å². The minimum absolute atomic E-state index is 0.109. The molecular weight excluding hydrogens is 346 g/mol. The SMILES string of the molecule is CN1C2CCCC1CN(c1ccc(S(=O)(=O)c3ccccc3)nc1)CC2. The third-order valence-corrected chi connectivity index (χ3v) is 7.49. The van der Waals surface area contributed by atoms with Gasteiger partial charge in [0, 0.05) is 25.2 Å². The first kappa shape index (κ1) is 17.5. The zero-order valence-corrected chi connectivity index (χ0v) is 15.9. The molecule has 0 N–H and O–H groups in total. The number of piperidine rings is 1. The van der Waals surface area contributed by atoms with Crippen LogP contribution >= 0.6 is 0 Å². The van der Waals surface area contributed by atoms with E-state index in [2.05, 4.69) is 21.8 Å². The molecule has 1 aromatic carbocycles. The second-order valence-electron chi connectivity index (χ2n) is 7.31. The molecular formula is C20H25N3O2S. The van der Waals surface area contributed by atoms with Crippen LogP contribution in [0.15, 0.2) is 58.6 Å². The molecule has 0 saturated carbocycles. The smallest absolute Gasteiger partial charge is 0.223 e. The Hall–Kier alpha value is -1.92. The fourth-order valence-electron chi connectivity index (χ4n) is 4.19. The van der Waals surface area contributed by atoms with E-state index in [1.807, 2.05) is 12.1 Å².